The number of hydrogen-bond donors (Lipinski definition) is 1. The quantitative estimate of drug-likeness (QED) is 0.721. The summed E-state index contributed by atoms with van der Waals surface area (Å²) >= 11 is 1.42. The van der Waals surface area contributed by atoms with Crippen LogP contribution in [0.15, 0.2) is 40.2 Å². The normalized spacial score (nSPS) is 12.7. The number of amides is 1. The van der Waals surface area contributed by atoms with Crippen LogP contribution < -0.4 is 14.8 Å². The lowest BCUT2D eigenvalue weighted by Gasteiger charge is -2.01. The Bertz CT molecular complexity index is 960. The first kappa shape index (κ1) is 15.4. The Kier molecular flexibility index (Phi) is 3.95. The van der Waals surface area contributed by atoms with Crippen LogP contribution in [0.2, 0.25) is 0 Å². The van der Waals surface area contributed by atoms with E-state index >= 15 is 0 Å². The zero-order valence-corrected chi connectivity index (χ0v) is 14.0. The third-order valence-corrected chi connectivity index (χ3v) is 4.37. The van der Waals surface area contributed by atoms with Crippen molar-refractivity contribution in [2.45, 2.75) is 6.92 Å². The zero-order valence-electron chi connectivity index (χ0n) is 13.2. The Balaban J connectivity index is 1.47. The summed E-state index contributed by atoms with van der Waals surface area (Å²) in [5.41, 5.74) is 1.48. The van der Waals surface area contributed by atoms with Crippen molar-refractivity contribution >= 4 is 29.0 Å². The van der Waals surface area contributed by atoms with Gasteiger partial charge in [0, 0.05) is 6.08 Å². The topological polar surface area (TPSA) is 86.5 Å². The molecule has 0 bridgehead atoms. The summed E-state index contributed by atoms with van der Waals surface area (Å²) in [6.45, 7) is 1.96. The number of aromatic nitrogens is 2. The van der Waals surface area contributed by atoms with Crippen LogP contribution >= 0.6 is 11.3 Å². The minimum Gasteiger partial charge on any atom is -0.454 e. The maximum absolute atomic E-state index is 12.2. The first-order chi connectivity index (χ1) is 12.2. The van der Waals surface area contributed by atoms with Crippen LogP contribution in [0.25, 0.3) is 16.8 Å². The number of thiophene rings is 1. The number of nitrogens with one attached hydrogen (secondary N) is 1. The minimum atomic E-state index is -0.256. The molecule has 0 saturated heterocycles. The van der Waals surface area contributed by atoms with Gasteiger partial charge in [-0.2, -0.15) is 4.98 Å². The van der Waals surface area contributed by atoms with Crippen molar-refractivity contribution in [2.75, 3.05) is 12.1 Å². The lowest BCUT2D eigenvalue weighted by Crippen LogP contribution is -2.07. The molecule has 1 amide bonds. The number of anilines is 1. The number of rotatable bonds is 4. The van der Waals surface area contributed by atoms with Crippen molar-refractivity contribution in [2.24, 2.45) is 0 Å². The highest BCUT2D eigenvalue weighted by Crippen LogP contribution is 2.33. The van der Waals surface area contributed by atoms with Crippen molar-refractivity contribution in [3.63, 3.8) is 0 Å². The number of nitrogens with zero attached hydrogens (tertiary/aromatic N) is 2. The first-order valence-electron chi connectivity index (χ1n) is 7.46. The van der Waals surface area contributed by atoms with Gasteiger partial charge in [-0.15, -0.1) is 11.3 Å². The lowest BCUT2D eigenvalue weighted by atomic mass is 10.2. The second-order valence-corrected chi connectivity index (χ2v) is 6.16. The second kappa shape index (κ2) is 6.40. The van der Waals surface area contributed by atoms with E-state index in [0.29, 0.717) is 28.9 Å². The van der Waals surface area contributed by atoms with E-state index < -0.39 is 0 Å². The standard InChI is InChI=1S/C17H13N3O4S/c1-10-18-17(24-20-10)16-12(6-7-25-16)19-15(21)5-3-11-2-4-13-14(8-11)23-9-22-13/h2-8H,9H2,1H3,(H,19,21)/b5-3+. The lowest BCUT2D eigenvalue weighted by molar-refractivity contribution is -0.111. The van der Waals surface area contributed by atoms with E-state index in [9.17, 15) is 4.79 Å². The molecule has 1 aliphatic heterocycles. The van der Waals surface area contributed by atoms with Gasteiger partial charge < -0.3 is 19.3 Å². The van der Waals surface area contributed by atoms with Crippen LogP contribution in [-0.4, -0.2) is 22.8 Å². The molecule has 7 nitrogen and oxygen atoms in total. The Morgan fingerprint density at radius 1 is 1.28 bits per heavy atom. The first-order valence-corrected chi connectivity index (χ1v) is 8.34. The van der Waals surface area contributed by atoms with Crippen molar-refractivity contribution in [3.05, 3.63) is 47.1 Å². The maximum atomic E-state index is 12.2. The molecule has 4 rings (SSSR count). The molecule has 0 radical (unpaired) electrons. The molecule has 0 atom stereocenters. The fraction of sp³-hybridized carbons (Fsp3) is 0.118. The van der Waals surface area contributed by atoms with Crippen molar-refractivity contribution in [1.82, 2.24) is 10.1 Å². The second-order valence-electron chi connectivity index (χ2n) is 5.25. The summed E-state index contributed by atoms with van der Waals surface area (Å²) in [6.07, 6.45) is 3.16. The summed E-state index contributed by atoms with van der Waals surface area (Å²) in [4.78, 5) is 17.1. The summed E-state index contributed by atoms with van der Waals surface area (Å²) in [5.74, 6) is 2.06. The number of aryl methyl sites for hydroxylation is 1. The average molecular weight is 355 g/mol. The zero-order chi connectivity index (χ0) is 17.2. The molecule has 8 heteroatoms. The number of hydrogen-bond acceptors (Lipinski definition) is 7. The van der Waals surface area contributed by atoms with Gasteiger partial charge in [0.05, 0.1) is 5.69 Å². The molecule has 126 valence electrons. The third-order valence-electron chi connectivity index (χ3n) is 3.47. The third kappa shape index (κ3) is 3.24. The molecule has 0 spiro atoms. The van der Waals surface area contributed by atoms with Crippen LogP contribution in [0.3, 0.4) is 0 Å². The van der Waals surface area contributed by atoms with Crippen molar-refractivity contribution in [1.29, 1.82) is 0 Å². The number of carbonyl (C=O) groups excluding carboxylic acids is 1. The molecule has 0 fully saturated rings. The van der Waals surface area contributed by atoms with Gasteiger partial charge in [-0.1, -0.05) is 11.2 Å². The number of carbonyl (C=O) groups is 1. The molecule has 1 aromatic carbocycles. The van der Waals surface area contributed by atoms with Crippen LogP contribution in [0.4, 0.5) is 5.69 Å². The summed E-state index contributed by atoms with van der Waals surface area (Å²) in [5, 5.41) is 8.44. The molecule has 25 heavy (non-hydrogen) atoms. The van der Waals surface area contributed by atoms with E-state index in [1.165, 1.54) is 17.4 Å². The fourth-order valence-electron chi connectivity index (χ4n) is 2.33. The Hall–Kier alpha value is -3.13. The SMILES string of the molecule is Cc1noc(-c2sccc2NC(=O)/C=C/c2ccc3c(c2)OCO3)n1. The molecule has 1 N–H and O–H groups in total. The fourth-order valence-corrected chi connectivity index (χ4v) is 3.10. The number of fused-ring (bicyclic) bond motifs is 1. The van der Waals surface area contributed by atoms with Gasteiger partial charge in [-0.05, 0) is 42.1 Å². The van der Waals surface area contributed by atoms with Crippen LogP contribution in [-0.2, 0) is 4.79 Å². The maximum Gasteiger partial charge on any atom is 0.270 e. The van der Waals surface area contributed by atoms with E-state index in [4.69, 9.17) is 14.0 Å². The predicted molar refractivity (Wildman–Crippen MR) is 92.6 cm³/mol. The van der Waals surface area contributed by atoms with E-state index in [1.807, 2.05) is 23.6 Å². The molecule has 0 saturated carbocycles. The number of benzene rings is 1. The molecular formula is C17H13N3O4S. The van der Waals surface area contributed by atoms with E-state index in [-0.39, 0.29) is 12.7 Å². The van der Waals surface area contributed by atoms with E-state index in [2.05, 4.69) is 15.5 Å². The summed E-state index contributed by atoms with van der Waals surface area (Å²) in [6, 6.07) is 7.29. The molecule has 1 aliphatic rings. The highest BCUT2D eigenvalue weighted by molar-refractivity contribution is 7.14. The van der Waals surface area contributed by atoms with Gasteiger partial charge in [-0.3, -0.25) is 4.79 Å². The summed E-state index contributed by atoms with van der Waals surface area (Å²) < 4.78 is 15.7. The molecule has 0 unspecified atom stereocenters. The van der Waals surface area contributed by atoms with Gasteiger partial charge in [0.2, 0.25) is 12.7 Å². The smallest absolute Gasteiger partial charge is 0.270 e. The van der Waals surface area contributed by atoms with Crippen LogP contribution in [0, 0.1) is 6.92 Å². The van der Waals surface area contributed by atoms with Crippen molar-refractivity contribution < 1.29 is 18.8 Å². The van der Waals surface area contributed by atoms with Crippen LogP contribution in [0.5, 0.6) is 11.5 Å². The van der Waals surface area contributed by atoms with Gasteiger partial charge in [0.25, 0.3) is 5.89 Å². The Morgan fingerprint density at radius 3 is 3.00 bits per heavy atom. The average Bonchev–Trinajstić information content (AvgIpc) is 3.32. The molecule has 0 aliphatic carbocycles. The molecular weight excluding hydrogens is 342 g/mol. The van der Waals surface area contributed by atoms with Crippen LogP contribution in [0.1, 0.15) is 11.4 Å². The largest absolute Gasteiger partial charge is 0.454 e. The molecule has 2 aromatic heterocycles. The van der Waals surface area contributed by atoms with Gasteiger partial charge in [0.15, 0.2) is 17.3 Å². The Labute approximate surface area is 146 Å². The predicted octanol–water partition coefficient (Wildman–Crippen LogP) is 3.49. The van der Waals surface area contributed by atoms with E-state index in [0.717, 1.165) is 10.4 Å². The van der Waals surface area contributed by atoms with Gasteiger partial charge in [0.1, 0.15) is 4.88 Å². The van der Waals surface area contributed by atoms with Gasteiger partial charge >= 0.3 is 0 Å². The van der Waals surface area contributed by atoms with Gasteiger partial charge in [-0.25, -0.2) is 0 Å². The Morgan fingerprint density at radius 2 is 2.16 bits per heavy atom. The number of ether oxygens (including phenoxy) is 2. The highest BCUT2D eigenvalue weighted by atomic mass is 32.1. The van der Waals surface area contributed by atoms with Crippen molar-refractivity contribution in [3.8, 4) is 22.3 Å². The highest BCUT2D eigenvalue weighted by Gasteiger charge is 2.15. The molecule has 3 aromatic rings. The molecule has 3 heterocycles. The monoisotopic (exact) mass is 355 g/mol. The minimum absolute atomic E-state index is 0.221. The van der Waals surface area contributed by atoms with E-state index in [1.54, 1.807) is 19.1 Å². The summed E-state index contributed by atoms with van der Waals surface area (Å²) in [7, 11) is 0.